The standard InChI is InChI=1S/C10H17N3OS/c1-8-4-13-10(15-8)6-11-5-9-7-14-3-2-12-9/h4,9,11-12H,2-3,5-7H2,1H3. The van der Waals surface area contributed by atoms with Crippen LogP contribution >= 0.6 is 11.3 Å². The van der Waals surface area contributed by atoms with Crippen LogP contribution < -0.4 is 10.6 Å². The third-order valence-electron chi connectivity index (χ3n) is 2.33. The number of nitrogens with one attached hydrogen (secondary N) is 2. The molecule has 1 saturated heterocycles. The van der Waals surface area contributed by atoms with Gasteiger partial charge in [-0.1, -0.05) is 0 Å². The number of nitrogens with zero attached hydrogens (tertiary/aromatic N) is 1. The van der Waals surface area contributed by atoms with E-state index >= 15 is 0 Å². The maximum Gasteiger partial charge on any atom is 0.107 e. The summed E-state index contributed by atoms with van der Waals surface area (Å²) in [6, 6.07) is 0.444. The average molecular weight is 227 g/mol. The molecular formula is C10H17N3OS. The predicted octanol–water partition coefficient (Wildman–Crippen LogP) is 0.530. The zero-order valence-electron chi connectivity index (χ0n) is 8.95. The van der Waals surface area contributed by atoms with Crippen molar-refractivity contribution in [1.82, 2.24) is 15.6 Å². The Bertz CT molecular complexity index is 297. The molecule has 0 spiro atoms. The van der Waals surface area contributed by atoms with Crippen LogP contribution in [-0.4, -0.2) is 37.3 Å². The van der Waals surface area contributed by atoms with Crippen LogP contribution in [0.25, 0.3) is 0 Å². The Morgan fingerprint density at radius 2 is 2.67 bits per heavy atom. The molecule has 1 aliphatic heterocycles. The number of rotatable bonds is 4. The molecule has 0 saturated carbocycles. The van der Waals surface area contributed by atoms with Crippen LogP contribution in [0.15, 0.2) is 6.20 Å². The molecule has 2 heterocycles. The molecule has 15 heavy (non-hydrogen) atoms. The molecule has 2 rings (SSSR count). The molecule has 0 bridgehead atoms. The highest BCUT2D eigenvalue weighted by Gasteiger charge is 2.11. The number of aromatic nitrogens is 1. The topological polar surface area (TPSA) is 46.2 Å². The van der Waals surface area contributed by atoms with Crippen molar-refractivity contribution in [2.75, 3.05) is 26.3 Å². The van der Waals surface area contributed by atoms with Crippen LogP contribution in [-0.2, 0) is 11.3 Å². The first-order chi connectivity index (χ1) is 7.34. The lowest BCUT2D eigenvalue weighted by molar-refractivity contribution is 0.0766. The van der Waals surface area contributed by atoms with Crippen LogP contribution in [0.3, 0.4) is 0 Å². The second-order valence-corrected chi connectivity index (χ2v) is 5.04. The monoisotopic (exact) mass is 227 g/mol. The fourth-order valence-corrected chi connectivity index (χ4v) is 2.34. The first-order valence-corrected chi connectivity index (χ1v) is 6.09. The Morgan fingerprint density at radius 3 is 3.33 bits per heavy atom. The van der Waals surface area contributed by atoms with Gasteiger partial charge in [-0.2, -0.15) is 0 Å². The Balaban J connectivity index is 1.65. The Hall–Kier alpha value is -0.490. The summed E-state index contributed by atoms with van der Waals surface area (Å²) in [5, 5.41) is 7.95. The normalized spacial score (nSPS) is 21.8. The van der Waals surface area contributed by atoms with Crippen molar-refractivity contribution in [3.05, 3.63) is 16.1 Å². The average Bonchev–Trinajstić information content (AvgIpc) is 2.66. The SMILES string of the molecule is Cc1cnc(CNCC2COCCN2)s1. The van der Waals surface area contributed by atoms with Crippen LogP contribution in [0.5, 0.6) is 0 Å². The van der Waals surface area contributed by atoms with Gasteiger partial charge >= 0.3 is 0 Å². The molecule has 5 heteroatoms. The van der Waals surface area contributed by atoms with E-state index in [2.05, 4.69) is 22.5 Å². The van der Waals surface area contributed by atoms with Gasteiger partial charge in [0.1, 0.15) is 5.01 Å². The molecule has 1 aliphatic rings. The first kappa shape index (κ1) is 11.0. The number of morpholine rings is 1. The minimum atomic E-state index is 0.444. The second kappa shape index (κ2) is 5.55. The molecule has 0 aliphatic carbocycles. The van der Waals surface area contributed by atoms with Crippen molar-refractivity contribution >= 4 is 11.3 Å². The van der Waals surface area contributed by atoms with E-state index in [4.69, 9.17) is 4.74 Å². The minimum Gasteiger partial charge on any atom is -0.378 e. The summed E-state index contributed by atoms with van der Waals surface area (Å²) in [6.07, 6.45) is 1.92. The Labute approximate surface area is 94.1 Å². The van der Waals surface area contributed by atoms with Gasteiger partial charge in [-0.05, 0) is 6.92 Å². The molecule has 1 unspecified atom stereocenters. The molecular weight excluding hydrogens is 210 g/mol. The van der Waals surface area contributed by atoms with E-state index in [1.807, 2.05) is 6.20 Å². The number of hydrogen-bond acceptors (Lipinski definition) is 5. The van der Waals surface area contributed by atoms with E-state index in [1.54, 1.807) is 11.3 Å². The minimum absolute atomic E-state index is 0.444. The van der Waals surface area contributed by atoms with Crippen molar-refractivity contribution in [3.63, 3.8) is 0 Å². The van der Waals surface area contributed by atoms with Gasteiger partial charge in [-0.15, -0.1) is 11.3 Å². The molecule has 0 radical (unpaired) electrons. The van der Waals surface area contributed by atoms with Gasteiger partial charge in [0, 0.05) is 36.8 Å². The number of ether oxygens (including phenoxy) is 1. The smallest absolute Gasteiger partial charge is 0.107 e. The molecule has 0 aromatic carbocycles. The highest BCUT2D eigenvalue weighted by atomic mass is 32.1. The lowest BCUT2D eigenvalue weighted by Crippen LogP contribution is -2.47. The third kappa shape index (κ3) is 3.53. The van der Waals surface area contributed by atoms with E-state index in [1.165, 1.54) is 4.88 Å². The Morgan fingerprint density at radius 1 is 1.73 bits per heavy atom. The Kier molecular flexibility index (Phi) is 4.08. The summed E-state index contributed by atoms with van der Waals surface area (Å²) in [7, 11) is 0. The van der Waals surface area contributed by atoms with Gasteiger partial charge in [-0.25, -0.2) is 4.98 Å². The summed E-state index contributed by atoms with van der Waals surface area (Å²) >= 11 is 1.75. The molecule has 2 N–H and O–H groups in total. The van der Waals surface area contributed by atoms with E-state index in [0.29, 0.717) is 6.04 Å². The highest BCUT2D eigenvalue weighted by Crippen LogP contribution is 2.10. The third-order valence-corrected chi connectivity index (χ3v) is 3.25. The molecule has 84 valence electrons. The predicted molar refractivity (Wildman–Crippen MR) is 61.2 cm³/mol. The molecule has 1 atom stereocenters. The molecule has 1 aromatic heterocycles. The summed E-state index contributed by atoms with van der Waals surface area (Å²) < 4.78 is 5.37. The van der Waals surface area contributed by atoms with E-state index < -0.39 is 0 Å². The van der Waals surface area contributed by atoms with Crippen molar-refractivity contribution in [3.8, 4) is 0 Å². The lowest BCUT2D eigenvalue weighted by atomic mass is 10.3. The quantitative estimate of drug-likeness (QED) is 0.787. The summed E-state index contributed by atoms with van der Waals surface area (Å²) in [5.74, 6) is 0. The zero-order valence-corrected chi connectivity index (χ0v) is 9.77. The summed E-state index contributed by atoms with van der Waals surface area (Å²) in [5.41, 5.74) is 0. The van der Waals surface area contributed by atoms with Gasteiger partial charge in [0.15, 0.2) is 0 Å². The number of thiazole rings is 1. The first-order valence-electron chi connectivity index (χ1n) is 5.28. The summed E-state index contributed by atoms with van der Waals surface area (Å²) in [6.45, 7) is 6.49. The van der Waals surface area contributed by atoms with E-state index in [0.717, 1.165) is 37.9 Å². The maximum atomic E-state index is 5.37. The molecule has 1 aromatic rings. The van der Waals surface area contributed by atoms with Crippen LogP contribution in [0.4, 0.5) is 0 Å². The van der Waals surface area contributed by atoms with Gasteiger partial charge in [0.05, 0.1) is 13.2 Å². The highest BCUT2D eigenvalue weighted by molar-refractivity contribution is 7.11. The van der Waals surface area contributed by atoms with Gasteiger partial charge in [0.25, 0.3) is 0 Å². The summed E-state index contributed by atoms with van der Waals surface area (Å²) in [4.78, 5) is 5.57. The van der Waals surface area contributed by atoms with Crippen LogP contribution in [0.1, 0.15) is 9.88 Å². The van der Waals surface area contributed by atoms with Crippen LogP contribution in [0, 0.1) is 6.92 Å². The van der Waals surface area contributed by atoms with Gasteiger partial charge in [-0.3, -0.25) is 0 Å². The zero-order chi connectivity index (χ0) is 10.5. The fraction of sp³-hybridized carbons (Fsp3) is 0.700. The van der Waals surface area contributed by atoms with Gasteiger partial charge < -0.3 is 15.4 Å². The van der Waals surface area contributed by atoms with Crippen molar-refractivity contribution in [2.24, 2.45) is 0 Å². The van der Waals surface area contributed by atoms with Crippen molar-refractivity contribution in [1.29, 1.82) is 0 Å². The van der Waals surface area contributed by atoms with Crippen LogP contribution in [0.2, 0.25) is 0 Å². The van der Waals surface area contributed by atoms with E-state index in [-0.39, 0.29) is 0 Å². The molecule has 0 amide bonds. The fourth-order valence-electron chi connectivity index (χ4n) is 1.59. The van der Waals surface area contributed by atoms with Gasteiger partial charge in [0.2, 0.25) is 0 Å². The largest absolute Gasteiger partial charge is 0.378 e. The van der Waals surface area contributed by atoms with E-state index in [9.17, 15) is 0 Å². The second-order valence-electron chi connectivity index (χ2n) is 3.72. The lowest BCUT2D eigenvalue weighted by Gasteiger charge is -2.23. The van der Waals surface area contributed by atoms with Crippen molar-refractivity contribution < 1.29 is 4.74 Å². The molecule has 4 nitrogen and oxygen atoms in total. The van der Waals surface area contributed by atoms with Crippen molar-refractivity contribution in [2.45, 2.75) is 19.5 Å². The maximum absolute atomic E-state index is 5.37. The molecule has 1 fully saturated rings. The number of aryl methyl sites for hydroxylation is 1. The number of hydrogen-bond donors (Lipinski definition) is 2.